The van der Waals surface area contributed by atoms with Crippen LogP contribution in [0.5, 0.6) is 0 Å². The van der Waals surface area contributed by atoms with Crippen LogP contribution in [0.1, 0.15) is 33.6 Å². The third kappa shape index (κ3) is 5.47. The summed E-state index contributed by atoms with van der Waals surface area (Å²) >= 11 is 11.9. The molecule has 0 aromatic heterocycles. The second kappa shape index (κ2) is 9.08. The molecule has 0 atom stereocenters. The average molecular weight is 420 g/mol. The van der Waals surface area contributed by atoms with Crippen molar-refractivity contribution in [2.24, 2.45) is 5.92 Å². The molecule has 1 fully saturated rings. The van der Waals surface area contributed by atoms with Gasteiger partial charge in [0.05, 0.1) is 10.6 Å². The van der Waals surface area contributed by atoms with Crippen LogP contribution in [0.2, 0.25) is 10.0 Å². The minimum Gasteiger partial charge on any atom is -0.350 e. The van der Waals surface area contributed by atoms with Gasteiger partial charge in [0.25, 0.3) is 11.8 Å². The molecule has 1 aliphatic rings. The lowest BCUT2D eigenvalue weighted by Gasteiger charge is -2.09. The van der Waals surface area contributed by atoms with Crippen molar-refractivity contribution in [2.45, 2.75) is 12.8 Å². The molecule has 6 nitrogen and oxygen atoms in total. The molecule has 3 rings (SSSR count). The first-order valence-electron chi connectivity index (χ1n) is 8.86. The number of carbonyl (C=O) groups excluding carboxylic acids is 3. The van der Waals surface area contributed by atoms with Gasteiger partial charge in [-0.25, -0.2) is 0 Å². The quantitative estimate of drug-likeness (QED) is 0.600. The van der Waals surface area contributed by atoms with Gasteiger partial charge >= 0.3 is 0 Å². The summed E-state index contributed by atoms with van der Waals surface area (Å²) in [6.45, 7) is 0.492. The number of rotatable bonds is 7. The van der Waals surface area contributed by atoms with E-state index < -0.39 is 0 Å². The molecule has 28 heavy (non-hydrogen) atoms. The van der Waals surface area contributed by atoms with E-state index in [2.05, 4.69) is 16.0 Å². The molecule has 3 amide bonds. The van der Waals surface area contributed by atoms with Crippen molar-refractivity contribution in [3.05, 3.63) is 63.6 Å². The number of amides is 3. The first-order chi connectivity index (χ1) is 13.4. The van der Waals surface area contributed by atoms with Gasteiger partial charge < -0.3 is 16.0 Å². The van der Waals surface area contributed by atoms with E-state index in [-0.39, 0.29) is 42.3 Å². The second-order valence-corrected chi connectivity index (χ2v) is 7.32. The fourth-order valence-corrected chi connectivity index (χ4v) is 2.89. The van der Waals surface area contributed by atoms with E-state index in [1.165, 1.54) is 6.07 Å². The molecule has 2 aromatic rings. The van der Waals surface area contributed by atoms with Gasteiger partial charge in [-0.15, -0.1) is 0 Å². The Labute approximate surface area is 172 Å². The Bertz CT molecular complexity index is 896. The Morgan fingerprint density at radius 2 is 1.54 bits per heavy atom. The average Bonchev–Trinajstić information content (AvgIpc) is 3.52. The normalized spacial score (nSPS) is 12.9. The Balaban J connectivity index is 1.43. The zero-order chi connectivity index (χ0) is 20.1. The minimum absolute atomic E-state index is 0.0211. The summed E-state index contributed by atoms with van der Waals surface area (Å²) in [5.74, 6) is -0.486. The molecule has 2 aromatic carbocycles. The number of hydrogen-bond acceptors (Lipinski definition) is 3. The number of benzene rings is 2. The van der Waals surface area contributed by atoms with Gasteiger partial charge in [-0.3, -0.25) is 14.4 Å². The number of halogens is 2. The highest BCUT2D eigenvalue weighted by Crippen LogP contribution is 2.30. The predicted molar refractivity (Wildman–Crippen MR) is 109 cm³/mol. The molecule has 146 valence electrons. The van der Waals surface area contributed by atoms with Gasteiger partial charge in [0.15, 0.2) is 0 Å². The van der Waals surface area contributed by atoms with Crippen molar-refractivity contribution in [3.8, 4) is 0 Å². The molecule has 0 spiro atoms. The van der Waals surface area contributed by atoms with E-state index in [9.17, 15) is 14.4 Å². The van der Waals surface area contributed by atoms with Crippen LogP contribution >= 0.6 is 23.2 Å². The monoisotopic (exact) mass is 419 g/mol. The summed E-state index contributed by atoms with van der Waals surface area (Å²) < 4.78 is 0. The number of hydrogen-bond donors (Lipinski definition) is 3. The molecule has 1 aliphatic carbocycles. The summed E-state index contributed by atoms with van der Waals surface area (Å²) in [7, 11) is 0. The van der Waals surface area contributed by atoms with E-state index in [1.807, 2.05) is 0 Å². The van der Waals surface area contributed by atoms with Gasteiger partial charge in [-0.05, 0) is 55.3 Å². The Kier molecular flexibility index (Phi) is 6.54. The van der Waals surface area contributed by atoms with Crippen LogP contribution in [0.15, 0.2) is 42.5 Å². The van der Waals surface area contributed by atoms with Crippen LogP contribution in [0.25, 0.3) is 0 Å². The van der Waals surface area contributed by atoms with Gasteiger partial charge in [0.2, 0.25) is 5.91 Å². The zero-order valence-corrected chi connectivity index (χ0v) is 16.4. The second-order valence-electron chi connectivity index (χ2n) is 6.48. The van der Waals surface area contributed by atoms with Crippen LogP contribution in [-0.2, 0) is 4.79 Å². The third-order valence-corrected chi connectivity index (χ3v) is 4.80. The van der Waals surface area contributed by atoms with Gasteiger partial charge in [0.1, 0.15) is 0 Å². The predicted octanol–water partition coefficient (Wildman–Crippen LogP) is 3.50. The highest BCUT2D eigenvalue weighted by molar-refractivity contribution is 6.35. The molecule has 0 radical (unpaired) electrons. The highest BCUT2D eigenvalue weighted by atomic mass is 35.5. The van der Waals surface area contributed by atoms with Crippen LogP contribution in [0, 0.1) is 5.92 Å². The Morgan fingerprint density at radius 1 is 0.893 bits per heavy atom. The zero-order valence-electron chi connectivity index (χ0n) is 14.9. The van der Waals surface area contributed by atoms with Crippen molar-refractivity contribution >= 4 is 46.6 Å². The smallest absolute Gasteiger partial charge is 0.252 e. The molecular weight excluding hydrogens is 401 g/mol. The lowest BCUT2D eigenvalue weighted by molar-refractivity contribution is -0.117. The molecule has 1 saturated carbocycles. The van der Waals surface area contributed by atoms with Crippen LogP contribution in [0.3, 0.4) is 0 Å². The molecule has 0 saturated heterocycles. The lowest BCUT2D eigenvalue weighted by atomic mass is 10.2. The maximum absolute atomic E-state index is 12.2. The molecule has 0 aliphatic heterocycles. The molecule has 3 N–H and O–H groups in total. The minimum atomic E-state index is -0.363. The Hall–Kier alpha value is -2.57. The number of anilines is 1. The molecule has 0 bridgehead atoms. The summed E-state index contributed by atoms with van der Waals surface area (Å²) in [6.07, 6.45) is 1.87. The van der Waals surface area contributed by atoms with Crippen molar-refractivity contribution in [1.29, 1.82) is 0 Å². The van der Waals surface area contributed by atoms with Crippen molar-refractivity contribution in [2.75, 3.05) is 18.4 Å². The maximum Gasteiger partial charge on any atom is 0.252 e. The highest BCUT2D eigenvalue weighted by Gasteiger charge is 2.29. The van der Waals surface area contributed by atoms with Gasteiger partial charge in [-0.2, -0.15) is 0 Å². The SMILES string of the molecule is O=C(NCCNC(=O)c1cc(Cl)ccc1Cl)c1ccc(NC(=O)C2CC2)cc1. The fraction of sp³-hybridized carbons (Fsp3) is 0.250. The van der Waals surface area contributed by atoms with E-state index in [1.54, 1.807) is 36.4 Å². The largest absolute Gasteiger partial charge is 0.350 e. The summed E-state index contributed by atoms with van der Waals surface area (Å²) in [5.41, 5.74) is 1.41. The fourth-order valence-electron chi connectivity index (χ4n) is 2.52. The standard InChI is InChI=1S/C20H19Cl2N3O3/c21-14-5-8-17(22)16(11-14)20(28)24-10-9-23-18(26)12-3-6-15(7-4-12)25-19(27)13-1-2-13/h3-8,11,13H,1-2,9-10H2,(H,23,26)(H,24,28)(H,25,27). The topological polar surface area (TPSA) is 87.3 Å². The molecule has 8 heteroatoms. The van der Waals surface area contributed by atoms with Gasteiger partial charge in [0, 0.05) is 35.3 Å². The van der Waals surface area contributed by atoms with Crippen molar-refractivity contribution < 1.29 is 14.4 Å². The summed E-state index contributed by atoms with van der Waals surface area (Å²) in [6, 6.07) is 11.3. The summed E-state index contributed by atoms with van der Waals surface area (Å²) in [4.78, 5) is 36.0. The van der Waals surface area contributed by atoms with Crippen LogP contribution < -0.4 is 16.0 Å². The van der Waals surface area contributed by atoms with E-state index >= 15 is 0 Å². The van der Waals surface area contributed by atoms with Crippen LogP contribution in [-0.4, -0.2) is 30.8 Å². The Morgan fingerprint density at radius 3 is 2.18 bits per heavy atom. The number of nitrogens with one attached hydrogen (secondary N) is 3. The van der Waals surface area contributed by atoms with Gasteiger partial charge in [-0.1, -0.05) is 23.2 Å². The first-order valence-corrected chi connectivity index (χ1v) is 9.62. The lowest BCUT2D eigenvalue weighted by Crippen LogP contribution is -2.34. The molecule has 0 unspecified atom stereocenters. The van der Waals surface area contributed by atoms with E-state index in [0.717, 1.165) is 12.8 Å². The van der Waals surface area contributed by atoms with E-state index in [4.69, 9.17) is 23.2 Å². The summed E-state index contributed by atoms with van der Waals surface area (Å²) in [5, 5.41) is 8.94. The van der Waals surface area contributed by atoms with Crippen LogP contribution in [0.4, 0.5) is 5.69 Å². The van der Waals surface area contributed by atoms with Crippen molar-refractivity contribution in [1.82, 2.24) is 10.6 Å². The number of carbonyl (C=O) groups is 3. The molecular formula is C20H19Cl2N3O3. The molecule has 0 heterocycles. The first kappa shape index (κ1) is 20.2. The third-order valence-electron chi connectivity index (χ3n) is 4.23. The van der Waals surface area contributed by atoms with E-state index in [0.29, 0.717) is 21.3 Å². The van der Waals surface area contributed by atoms with Crippen molar-refractivity contribution in [3.63, 3.8) is 0 Å². The maximum atomic E-state index is 12.2.